The van der Waals surface area contributed by atoms with Crippen molar-refractivity contribution >= 4 is 11.6 Å². The molecule has 1 saturated carbocycles. The molecule has 0 aromatic heterocycles. The fraction of sp³-hybridized carbons (Fsp3) is 0.235. The Morgan fingerprint density at radius 2 is 1.81 bits per heavy atom. The van der Waals surface area contributed by atoms with Crippen LogP contribution in [0.5, 0.6) is 0 Å². The maximum atomic E-state index is 12.8. The highest BCUT2D eigenvalue weighted by Crippen LogP contribution is 2.40. The fourth-order valence-electron chi connectivity index (χ4n) is 2.45. The zero-order valence-corrected chi connectivity index (χ0v) is 11.6. The van der Waals surface area contributed by atoms with Gasteiger partial charge in [0.05, 0.1) is 6.54 Å². The molecule has 0 radical (unpaired) electrons. The van der Waals surface area contributed by atoms with Crippen LogP contribution < -0.4 is 10.6 Å². The van der Waals surface area contributed by atoms with Crippen molar-refractivity contribution in [3.63, 3.8) is 0 Å². The molecule has 21 heavy (non-hydrogen) atoms. The highest BCUT2D eigenvalue weighted by molar-refractivity contribution is 5.92. The monoisotopic (exact) mass is 284 g/mol. The van der Waals surface area contributed by atoms with Crippen LogP contribution in [-0.4, -0.2) is 18.5 Å². The fourth-order valence-corrected chi connectivity index (χ4v) is 2.45. The van der Waals surface area contributed by atoms with Crippen LogP contribution >= 0.6 is 0 Å². The first-order chi connectivity index (χ1) is 10.2. The minimum atomic E-state index is -0.310. The third kappa shape index (κ3) is 3.67. The Labute approximate surface area is 123 Å². The lowest BCUT2D eigenvalue weighted by Gasteiger charge is -2.06. The lowest BCUT2D eigenvalue weighted by Crippen LogP contribution is -2.30. The van der Waals surface area contributed by atoms with E-state index < -0.39 is 0 Å². The predicted octanol–water partition coefficient (Wildman–Crippen LogP) is 2.91. The van der Waals surface area contributed by atoms with Crippen molar-refractivity contribution in [2.45, 2.75) is 18.4 Å². The first-order valence-corrected chi connectivity index (χ1v) is 7.06. The molecule has 3 nitrogen and oxygen atoms in total. The number of hydrogen-bond acceptors (Lipinski definition) is 2. The molecule has 2 aromatic rings. The lowest BCUT2D eigenvalue weighted by molar-refractivity contribution is -0.115. The van der Waals surface area contributed by atoms with E-state index in [1.807, 2.05) is 18.2 Å². The summed E-state index contributed by atoms with van der Waals surface area (Å²) in [4.78, 5) is 11.8. The summed E-state index contributed by atoms with van der Waals surface area (Å²) in [5.74, 6) is 0.0833. The van der Waals surface area contributed by atoms with E-state index in [0.29, 0.717) is 17.6 Å². The van der Waals surface area contributed by atoms with Gasteiger partial charge in [0, 0.05) is 17.6 Å². The van der Waals surface area contributed by atoms with E-state index in [9.17, 15) is 9.18 Å². The molecule has 0 saturated heterocycles. The van der Waals surface area contributed by atoms with Crippen LogP contribution in [0.2, 0.25) is 0 Å². The Morgan fingerprint density at radius 1 is 1.10 bits per heavy atom. The summed E-state index contributed by atoms with van der Waals surface area (Å²) in [6, 6.07) is 16.4. The summed E-state index contributed by atoms with van der Waals surface area (Å²) >= 11 is 0. The molecule has 0 heterocycles. The number of halogens is 1. The summed E-state index contributed by atoms with van der Waals surface area (Å²) in [5, 5.41) is 5.99. The van der Waals surface area contributed by atoms with Crippen molar-refractivity contribution in [2.75, 3.05) is 11.9 Å². The maximum absolute atomic E-state index is 12.8. The molecule has 0 aliphatic heterocycles. The van der Waals surface area contributed by atoms with Crippen molar-refractivity contribution in [3.8, 4) is 0 Å². The number of benzene rings is 2. The van der Waals surface area contributed by atoms with E-state index >= 15 is 0 Å². The van der Waals surface area contributed by atoms with Crippen LogP contribution in [0.4, 0.5) is 10.1 Å². The minimum Gasteiger partial charge on any atom is -0.325 e. The molecule has 2 aromatic carbocycles. The van der Waals surface area contributed by atoms with E-state index in [4.69, 9.17) is 0 Å². The van der Waals surface area contributed by atoms with Crippen molar-refractivity contribution in [2.24, 2.45) is 0 Å². The first kappa shape index (κ1) is 13.8. The van der Waals surface area contributed by atoms with Crippen molar-refractivity contribution in [1.29, 1.82) is 0 Å². The SMILES string of the molecule is O=C(CN[C@H]1CC1c1ccccc1)Nc1ccc(F)cc1. The highest BCUT2D eigenvalue weighted by atomic mass is 19.1. The summed E-state index contributed by atoms with van der Waals surface area (Å²) < 4.78 is 12.8. The Bertz CT molecular complexity index is 612. The third-order valence-corrected chi connectivity index (χ3v) is 3.67. The van der Waals surface area contributed by atoms with Crippen LogP contribution in [0.15, 0.2) is 54.6 Å². The quantitative estimate of drug-likeness (QED) is 0.886. The zero-order valence-electron chi connectivity index (χ0n) is 11.6. The number of amides is 1. The average Bonchev–Trinajstić information content (AvgIpc) is 3.28. The van der Waals surface area contributed by atoms with Crippen LogP contribution in [-0.2, 0) is 4.79 Å². The number of nitrogens with one attached hydrogen (secondary N) is 2. The van der Waals surface area contributed by atoms with Gasteiger partial charge in [-0.2, -0.15) is 0 Å². The number of carbonyl (C=O) groups excluding carboxylic acids is 1. The van der Waals surface area contributed by atoms with Gasteiger partial charge in [-0.05, 0) is 36.2 Å². The van der Waals surface area contributed by atoms with E-state index in [2.05, 4.69) is 22.8 Å². The second kappa shape index (κ2) is 6.06. The first-order valence-electron chi connectivity index (χ1n) is 7.06. The molecule has 1 unspecified atom stereocenters. The third-order valence-electron chi connectivity index (χ3n) is 3.67. The van der Waals surface area contributed by atoms with Gasteiger partial charge in [-0.1, -0.05) is 30.3 Å². The topological polar surface area (TPSA) is 41.1 Å². The number of rotatable bonds is 5. The van der Waals surface area contributed by atoms with Gasteiger partial charge in [0.25, 0.3) is 0 Å². The van der Waals surface area contributed by atoms with Gasteiger partial charge in [-0.3, -0.25) is 4.79 Å². The van der Waals surface area contributed by atoms with Gasteiger partial charge < -0.3 is 10.6 Å². The predicted molar refractivity (Wildman–Crippen MR) is 80.6 cm³/mol. The largest absolute Gasteiger partial charge is 0.325 e. The molecule has 4 heteroatoms. The Balaban J connectivity index is 1.44. The second-order valence-corrected chi connectivity index (χ2v) is 5.30. The normalized spacial score (nSPS) is 20.0. The van der Waals surface area contributed by atoms with Crippen LogP contribution in [0.25, 0.3) is 0 Å². The minimum absolute atomic E-state index is 0.111. The summed E-state index contributed by atoms with van der Waals surface area (Å²) in [7, 11) is 0. The van der Waals surface area contributed by atoms with Crippen LogP contribution in [0.1, 0.15) is 17.9 Å². The lowest BCUT2D eigenvalue weighted by atomic mass is 10.1. The van der Waals surface area contributed by atoms with Gasteiger partial charge in [-0.25, -0.2) is 4.39 Å². The van der Waals surface area contributed by atoms with E-state index in [1.165, 1.54) is 17.7 Å². The summed E-state index contributed by atoms with van der Waals surface area (Å²) in [6.07, 6.45) is 1.06. The van der Waals surface area contributed by atoms with E-state index in [0.717, 1.165) is 6.42 Å². The molecular formula is C17H17FN2O. The molecule has 1 aliphatic rings. The Hall–Kier alpha value is -2.20. The molecule has 1 fully saturated rings. The highest BCUT2D eigenvalue weighted by Gasteiger charge is 2.37. The van der Waals surface area contributed by atoms with Gasteiger partial charge in [0.15, 0.2) is 0 Å². The Morgan fingerprint density at radius 3 is 2.52 bits per heavy atom. The molecule has 1 amide bonds. The zero-order chi connectivity index (χ0) is 14.7. The number of hydrogen-bond donors (Lipinski definition) is 2. The smallest absolute Gasteiger partial charge is 0.238 e. The Kier molecular flexibility index (Phi) is 3.97. The summed E-state index contributed by atoms with van der Waals surface area (Å²) in [5.41, 5.74) is 1.92. The van der Waals surface area contributed by atoms with Crippen molar-refractivity contribution < 1.29 is 9.18 Å². The molecule has 3 rings (SSSR count). The molecule has 108 valence electrons. The van der Waals surface area contributed by atoms with Crippen molar-refractivity contribution in [3.05, 3.63) is 66.0 Å². The van der Waals surface area contributed by atoms with E-state index in [1.54, 1.807) is 12.1 Å². The molecule has 0 spiro atoms. The molecule has 2 atom stereocenters. The molecule has 0 bridgehead atoms. The van der Waals surface area contributed by atoms with Crippen LogP contribution in [0, 0.1) is 5.82 Å². The number of anilines is 1. The molecule has 2 N–H and O–H groups in total. The van der Waals surface area contributed by atoms with Crippen molar-refractivity contribution in [1.82, 2.24) is 5.32 Å². The molecular weight excluding hydrogens is 267 g/mol. The number of carbonyl (C=O) groups is 1. The van der Waals surface area contributed by atoms with Crippen LogP contribution in [0.3, 0.4) is 0 Å². The maximum Gasteiger partial charge on any atom is 0.238 e. The average molecular weight is 284 g/mol. The van der Waals surface area contributed by atoms with Gasteiger partial charge >= 0.3 is 0 Å². The van der Waals surface area contributed by atoms with Gasteiger partial charge in [0.1, 0.15) is 5.82 Å². The van der Waals surface area contributed by atoms with Gasteiger partial charge in [0.2, 0.25) is 5.91 Å². The van der Waals surface area contributed by atoms with E-state index in [-0.39, 0.29) is 18.3 Å². The standard InChI is InChI=1S/C17H17FN2O/c18-13-6-8-14(9-7-13)20-17(21)11-19-16-10-15(16)12-4-2-1-3-5-12/h1-9,15-16,19H,10-11H2,(H,20,21)/t15?,16-/m0/s1. The summed E-state index contributed by atoms with van der Waals surface area (Å²) in [6.45, 7) is 0.269. The second-order valence-electron chi connectivity index (χ2n) is 5.30. The molecule has 1 aliphatic carbocycles. The van der Waals surface area contributed by atoms with Gasteiger partial charge in [-0.15, -0.1) is 0 Å².